The van der Waals surface area contributed by atoms with Gasteiger partial charge < -0.3 is 0 Å². The Labute approximate surface area is 102 Å². The van der Waals surface area contributed by atoms with Crippen molar-refractivity contribution in [3.8, 4) is 11.3 Å². The Bertz CT molecular complexity index is 553. The van der Waals surface area contributed by atoms with Gasteiger partial charge in [-0.1, -0.05) is 49.6 Å². The van der Waals surface area contributed by atoms with Crippen LogP contribution >= 0.6 is 0 Å². The molecule has 0 saturated heterocycles. The van der Waals surface area contributed by atoms with Gasteiger partial charge in [-0.25, -0.2) is 4.98 Å². The molecular weight excluding hydrogens is 206 g/mol. The summed E-state index contributed by atoms with van der Waals surface area (Å²) in [6.45, 7) is 9.65. The molecule has 0 atom stereocenters. The molecule has 0 aliphatic rings. The zero-order chi connectivity index (χ0) is 12.3. The molecule has 0 N–H and O–H groups in total. The molecule has 0 aliphatic heterocycles. The summed E-state index contributed by atoms with van der Waals surface area (Å²) < 4.78 is 0. The van der Waals surface area contributed by atoms with E-state index >= 15 is 0 Å². The lowest BCUT2D eigenvalue weighted by Gasteiger charge is -2.09. The molecule has 0 aliphatic carbocycles. The van der Waals surface area contributed by atoms with Crippen LogP contribution in [0.25, 0.3) is 23.4 Å². The minimum absolute atomic E-state index is 0.879. The zero-order valence-corrected chi connectivity index (χ0v) is 9.98. The van der Waals surface area contributed by atoms with Crippen molar-refractivity contribution in [2.45, 2.75) is 6.92 Å². The Kier molecular flexibility index (Phi) is 3.20. The second kappa shape index (κ2) is 4.79. The molecule has 2 aromatic rings. The maximum Gasteiger partial charge on any atom is 0.0738 e. The number of hydrogen-bond donors (Lipinski definition) is 0. The molecule has 0 amide bonds. The fraction of sp³-hybridized carbons (Fsp3) is 0.0625. The maximum absolute atomic E-state index is 4.64. The fourth-order valence-electron chi connectivity index (χ4n) is 1.86. The smallest absolute Gasteiger partial charge is 0.0738 e. The SMILES string of the molecule is C=Cc1cc(C)c(-c2ccccc2)nc1C=C. The highest BCUT2D eigenvalue weighted by atomic mass is 14.7. The van der Waals surface area contributed by atoms with E-state index in [4.69, 9.17) is 0 Å². The summed E-state index contributed by atoms with van der Waals surface area (Å²) in [6.07, 6.45) is 3.58. The second-order valence-electron chi connectivity index (χ2n) is 3.90. The number of rotatable bonds is 3. The number of aryl methyl sites for hydroxylation is 1. The van der Waals surface area contributed by atoms with Crippen molar-refractivity contribution in [1.82, 2.24) is 4.98 Å². The Morgan fingerprint density at radius 2 is 1.76 bits per heavy atom. The van der Waals surface area contributed by atoms with Crippen molar-refractivity contribution in [2.24, 2.45) is 0 Å². The van der Waals surface area contributed by atoms with Gasteiger partial charge in [-0.3, -0.25) is 0 Å². The Balaban J connectivity index is 2.63. The Hall–Kier alpha value is -2.15. The molecule has 1 aromatic heterocycles. The lowest BCUT2D eigenvalue weighted by Crippen LogP contribution is -1.94. The molecule has 0 bridgehead atoms. The summed E-state index contributed by atoms with van der Waals surface area (Å²) in [7, 11) is 0. The monoisotopic (exact) mass is 221 g/mol. The van der Waals surface area contributed by atoms with E-state index in [0.29, 0.717) is 0 Å². The topological polar surface area (TPSA) is 12.9 Å². The largest absolute Gasteiger partial charge is 0.248 e. The van der Waals surface area contributed by atoms with Crippen LogP contribution in [0.2, 0.25) is 0 Å². The average molecular weight is 221 g/mol. The molecule has 2 rings (SSSR count). The van der Waals surface area contributed by atoms with Crippen LogP contribution in [0.5, 0.6) is 0 Å². The Morgan fingerprint density at radius 1 is 1.06 bits per heavy atom. The molecule has 1 heterocycles. The minimum atomic E-state index is 0.879. The van der Waals surface area contributed by atoms with Crippen LogP contribution in [-0.4, -0.2) is 4.98 Å². The van der Waals surface area contributed by atoms with Gasteiger partial charge >= 0.3 is 0 Å². The van der Waals surface area contributed by atoms with Crippen molar-refractivity contribution in [2.75, 3.05) is 0 Å². The lowest BCUT2D eigenvalue weighted by molar-refractivity contribution is 1.24. The fourth-order valence-corrected chi connectivity index (χ4v) is 1.86. The molecule has 1 nitrogen and oxygen atoms in total. The molecule has 0 radical (unpaired) electrons. The molecular formula is C16H15N. The average Bonchev–Trinajstić information content (AvgIpc) is 2.39. The first-order valence-corrected chi connectivity index (χ1v) is 5.58. The molecule has 84 valence electrons. The number of hydrogen-bond acceptors (Lipinski definition) is 1. The van der Waals surface area contributed by atoms with Crippen LogP contribution in [0.4, 0.5) is 0 Å². The van der Waals surface area contributed by atoms with Crippen LogP contribution in [0.15, 0.2) is 49.6 Å². The summed E-state index contributed by atoms with van der Waals surface area (Å²) >= 11 is 0. The molecule has 0 spiro atoms. The van der Waals surface area contributed by atoms with Crippen LogP contribution in [0.3, 0.4) is 0 Å². The van der Waals surface area contributed by atoms with Gasteiger partial charge in [0.15, 0.2) is 0 Å². The number of benzene rings is 1. The van der Waals surface area contributed by atoms with E-state index in [1.165, 1.54) is 0 Å². The minimum Gasteiger partial charge on any atom is -0.248 e. The first kappa shape index (κ1) is 11.3. The highest BCUT2D eigenvalue weighted by molar-refractivity contribution is 5.69. The van der Waals surface area contributed by atoms with Crippen molar-refractivity contribution in [1.29, 1.82) is 0 Å². The first-order valence-electron chi connectivity index (χ1n) is 5.58. The quantitative estimate of drug-likeness (QED) is 0.751. The van der Waals surface area contributed by atoms with Gasteiger partial charge in [0.05, 0.1) is 11.4 Å². The van der Waals surface area contributed by atoms with E-state index in [0.717, 1.165) is 28.1 Å². The molecule has 0 fully saturated rings. The van der Waals surface area contributed by atoms with Crippen LogP contribution in [0.1, 0.15) is 16.8 Å². The molecule has 1 heteroatoms. The summed E-state index contributed by atoms with van der Waals surface area (Å²) in [5.74, 6) is 0. The van der Waals surface area contributed by atoms with E-state index in [1.807, 2.05) is 24.3 Å². The van der Waals surface area contributed by atoms with Gasteiger partial charge in [-0.15, -0.1) is 0 Å². The second-order valence-corrected chi connectivity index (χ2v) is 3.90. The number of pyridine rings is 1. The number of nitrogens with zero attached hydrogens (tertiary/aromatic N) is 1. The third kappa shape index (κ3) is 2.18. The van der Waals surface area contributed by atoms with E-state index in [-0.39, 0.29) is 0 Å². The van der Waals surface area contributed by atoms with Gasteiger partial charge in [0.1, 0.15) is 0 Å². The normalized spacial score (nSPS) is 9.94. The summed E-state index contributed by atoms with van der Waals surface area (Å²) in [6, 6.07) is 12.3. The molecule has 0 saturated carbocycles. The summed E-state index contributed by atoms with van der Waals surface area (Å²) in [5, 5.41) is 0. The third-order valence-corrected chi connectivity index (χ3v) is 2.73. The number of aromatic nitrogens is 1. The molecule has 1 aromatic carbocycles. The van der Waals surface area contributed by atoms with Gasteiger partial charge in [0.2, 0.25) is 0 Å². The molecule has 17 heavy (non-hydrogen) atoms. The Morgan fingerprint density at radius 3 is 2.35 bits per heavy atom. The first-order chi connectivity index (χ1) is 8.26. The lowest BCUT2D eigenvalue weighted by atomic mass is 10.0. The summed E-state index contributed by atoms with van der Waals surface area (Å²) in [5.41, 5.74) is 5.19. The van der Waals surface area contributed by atoms with Crippen molar-refractivity contribution in [3.05, 3.63) is 66.4 Å². The van der Waals surface area contributed by atoms with E-state index in [9.17, 15) is 0 Å². The third-order valence-electron chi connectivity index (χ3n) is 2.73. The summed E-state index contributed by atoms with van der Waals surface area (Å²) in [4.78, 5) is 4.64. The van der Waals surface area contributed by atoms with Crippen molar-refractivity contribution < 1.29 is 0 Å². The predicted molar refractivity (Wildman–Crippen MR) is 74.6 cm³/mol. The van der Waals surface area contributed by atoms with Crippen molar-refractivity contribution in [3.63, 3.8) is 0 Å². The highest BCUT2D eigenvalue weighted by Gasteiger charge is 2.06. The van der Waals surface area contributed by atoms with Gasteiger partial charge in [-0.05, 0) is 30.2 Å². The van der Waals surface area contributed by atoms with Crippen LogP contribution in [0, 0.1) is 6.92 Å². The zero-order valence-electron chi connectivity index (χ0n) is 9.98. The molecule has 0 unspecified atom stereocenters. The van der Waals surface area contributed by atoms with E-state index < -0.39 is 0 Å². The van der Waals surface area contributed by atoms with Gasteiger partial charge in [0.25, 0.3) is 0 Å². The van der Waals surface area contributed by atoms with E-state index in [1.54, 1.807) is 6.08 Å². The van der Waals surface area contributed by atoms with Crippen molar-refractivity contribution >= 4 is 12.2 Å². The van der Waals surface area contributed by atoms with Gasteiger partial charge in [0, 0.05) is 5.56 Å². The van der Waals surface area contributed by atoms with Gasteiger partial charge in [-0.2, -0.15) is 0 Å². The standard InChI is InChI=1S/C16H15N/c1-4-13-11-12(3)16(17-15(13)5-2)14-9-7-6-8-10-14/h4-11H,1-2H2,3H3. The maximum atomic E-state index is 4.64. The van der Waals surface area contributed by atoms with Crippen LogP contribution < -0.4 is 0 Å². The van der Waals surface area contributed by atoms with Crippen LogP contribution in [-0.2, 0) is 0 Å². The predicted octanol–water partition coefficient (Wildman–Crippen LogP) is 4.34. The van der Waals surface area contributed by atoms with E-state index in [2.05, 4.69) is 43.3 Å². The highest BCUT2D eigenvalue weighted by Crippen LogP contribution is 2.24.